The largest absolute Gasteiger partial charge is 0.472 e. The summed E-state index contributed by atoms with van der Waals surface area (Å²) in [4.78, 5) is 15.1. The maximum Gasteiger partial charge on any atom is 0.186 e. The molecule has 234 valence electrons. The Bertz CT molecular complexity index is 2560. The third-order valence-electron chi connectivity index (χ3n) is 9.92. The van der Waals surface area contributed by atoms with Crippen molar-refractivity contribution in [2.45, 2.75) is 5.60 Å². The monoisotopic (exact) mass is 639 g/mol. The quantitative estimate of drug-likeness (QED) is 0.192. The van der Waals surface area contributed by atoms with Gasteiger partial charge in [0.2, 0.25) is 0 Å². The van der Waals surface area contributed by atoms with Crippen molar-refractivity contribution in [2.24, 2.45) is 0 Å². The van der Waals surface area contributed by atoms with Crippen LogP contribution in [-0.2, 0) is 5.60 Å². The van der Waals surface area contributed by atoms with E-state index in [1.54, 1.807) is 0 Å². The van der Waals surface area contributed by atoms with E-state index in [2.05, 4.69) is 133 Å². The average molecular weight is 640 g/mol. The molecule has 4 heteroatoms. The van der Waals surface area contributed by atoms with E-state index in [-0.39, 0.29) is 0 Å². The summed E-state index contributed by atoms with van der Waals surface area (Å²) in [5, 5.41) is 0. The Kier molecular flexibility index (Phi) is 6.36. The molecule has 4 nitrogen and oxygen atoms in total. The van der Waals surface area contributed by atoms with Crippen molar-refractivity contribution in [1.29, 1.82) is 0 Å². The topological polar surface area (TPSA) is 47.9 Å². The van der Waals surface area contributed by atoms with Gasteiger partial charge in [0.15, 0.2) is 23.1 Å². The molecule has 0 radical (unpaired) electrons. The summed E-state index contributed by atoms with van der Waals surface area (Å²) in [7, 11) is 0. The van der Waals surface area contributed by atoms with E-state index >= 15 is 0 Å². The number of para-hydroxylation sites is 1. The van der Waals surface area contributed by atoms with E-state index in [0.29, 0.717) is 17.5 Å². The highest BCUT2D eigenvalue weighted by molar-refractivity contribution is 5.89. The molecule has 10 rings (SSSR count). The SMILES string of the molecule is c1ccc(-c2ccc(-c3nc(-c4ccccc4)nc(-c4ccc5c(c4)-c4ccccc4C54Oc5ccccc5-c5ccccc54)n3)cc2)cc1. The van der Waals surface area contributed by atoms with Crippen LogP contribution in [-0.4, -0.2) is 15.0 Å². The zero-order valence-electron chi connectivity index (χ0n) is 27.0. The van der Waals surface area contributed by atoms with Crippen molar-refractivity contribution in [3.8, 4) is 73.3 Å². The zero-order chi connectivity index (χ0) is 33.1. The van der Waals surface area contributed by atoms with Crippen molar-refractivity contribution in [2.75, 3.05) is 0 Å². The minimum atomic E-state index is -0.782. The molecule has 0 bridgehead atoms. The van der Waals surface area contributed by atoms with Crippen LogP contribution in [0, 0.1) is 0 Å². The van der Waals surface area contributed by atoms with Gasteiger partial charge < -0.3 is 4.74 Å². The lowest BCUT2D eigenvalue weighted by Crippen LogP contribution is -2.36. The molecule has 1 aliphatic heterocycles. The Morgan fingerprint density at radius 2 is 0.740 bits per heavy atom. The minimum absolute atomic E-state index is 0.623. The lowest BCUT2D eigenvalue weighted by atomic mass is 9.78. The number of fused-ring (bicyclic) bond motifs is 9. The first-order valence-electron chi connectivity index (χ1n) is 16.9. The Hall–Kier alpha value is -6.65. The van der Waals surface area contributed by atoms with Crippen molar-refractivity contribution in [1.82, 2.24) is 15.0 Å². The highest BCUT2D eigenvalue weighted by Crippen LogP contribution is 2.58. The fourth-order valence-corrected chi connectivity index (χ4v) is 7.60. The van der Waals surface area contributed by atoms with Crippen LogP contribution in [0.2, 0.25) is 0 Å². The van der Waals surface area contributed by atoms with E-state index in [9.17, 15) is 0 Å². The predicted octanol–water partition coefficient (Wildman–Crippen LogP) is 10.9. The normalized spacial score (nSPS) is 15.0. The molecular weight excluding hydrogens is 611 g/mol. The predicted molar refractivity (Wildman–Crippen MR) is 199 cm³/mol. The van der Waals surface area contributed by atoms with Gasteiger partial charge in [-0.25, -0.2) is 15.0 Å². The molecule has 1 aromatic heterocycles. The summed E-state index contributed by atoms with van der Waals surface area (Å²) in [5.74, 6) is 2.77. The van der Waals surface area contributed by atoms with Gasteiger partial charge in [0.05, 0.1) is 0 Å². The van der Waals surface area contributed by atoms with Gasteiger partial charge in [0.25, 0.3) is 0 Å². The van der Waals surface area contributed by atoms with Gasteiger partial charge in [-0.1, -0.05) is 164 Å². The van der Waals surface area contributed by atoms with Crippen LogP contribution in [0.15, 0.2) is 176 Å². The summed E-state index contributed by atoms with van der Waals surface area (Å²) in [5.41, 5.74) is 12.3. The Morgan fingerprint density at radius 1 is 0.320 bits per heavy atom. The molecule has 50 heavy (non-hydrogen) atoms. The van der Waals surface area contributed by atoms with Gasteiger partial charge in [-0.15, -0.1) is 0 Å². The number of ether oxygens (including phenoxy) is 1. The molecule has 1 atom stereocenters. The Labute approximate surface area is 290 Å². The third kappa shape index (κ3) is 4.35. The van der Waals surface area contributed by atoms with Gasteiger partial charge >= 0.3 is 0 Å². The smallest absolute Gasteiger partial charge is 0.186 e. The molecule has 1 unspecified atom stereocenters. The second-order valence-corrected chi connectivity index (χ2v) is 12.7. The number of hydrogen-bond donors (Lipinski definition) is 0. The summed E-state index contributed by atoms with van der Waals surface area (Å²) in [6.07, 6.45) is 0. The molecule has 0 saturated heterocycles. The number of aromatic nitrogens is 3. The number of rotatable bonds is 4. The van der Waals surface area contributed by atoms with Gasteiger partial charge in [0, 0.05) is 38.9 Å². The van der Waals surface area contributed by atoms with Crippen LogP contribution < -0.4 is 4.74 Å². The highest BCUT2D eigenvalue weighted by Gasteiger charge is 2.50. The number of benzene rings is 7. The lowest BCUT2D eigenvalue weighted by molar-refractivity contribution is 0.157. The maximum absolute atomic E-state index is 7.16. The van der Waals surface area contributed by atoms with Crippen molar-refractivity contribution < 1.29 is 4.74 Å². The summed E-state index contributed by atoms with van der Waals surface area (Å²) in [6, 6.07) is 61.1. The van der Waals surface area contributed by atoms with Crippen LogP contribution >= 0.6 is 0 Å². The fourth-order valence-electron chi connectivity index (χ4n) is 7.60. The van der Waals surface area contributed by atoms with E-state index < -0.39 is 5.60 Å². The average Bonchev–Trinajstić information content (AvgIpc) is 3.47. The number of nitrogens with zero attached hydrogens (tertiary/aromatic N) is 3. The van der Waals surface area contributed by atoms with Crippen LogP contribution in [0.3, 0.4) is 0 Å². The third-order valence-corrected chi connectivity index (χ3v) is 9.92. The summed E-state index contributed by atoms with van der Waals surface area (Å²) < 4.78 is 7.16. The van der Waals surface area contributed by atoms with E-state index in [1.165, 1.54) is 11.1 Å². The first-order chi connectivity index (χ1) is 24.8. The minimum Gasteiger partial charge on any atom is -0.472 e. The number of hydrogen-bond acceptors (Lipinski definition) is 4. The highest BCUT2D eigenvalue weighted by atomic mass is 16.5. The summed E-state index contributed by atoms with van der Waals surface area (Å²) >= 11 is 0. The second kappa shape index (κ2) is 11.2. The van der Waals surface area contributed by atoms with Crippen LogP contribution in [0.25, 0.3) is 67.5 Å². The molecular formula is C46H29N3O. The van der Waals surface area contributed by atoms with Gasteiger partial charge in [-0.2, -0.15) is 0 Å². The van der Waals surface area contributed by atoms with Gasteiger partial charge in [-0.3, -0.25) is 0 Å². The summed E-state index contributed by atoms with van der Waals surface area (Å²) in [6.45, 7) is 0. The van der Waals surface area contributed by atoms with Crippen LogP contribution in [0.4, 0.5) is 0 Å². The molecule has 0 amide bonds. The lowest BCUT2D eigenvalue weighted by Gasteiger charge is -2.39. The van der Waals surface area contributed by atoms with Gasteiger partial charge in [-0.05, 0) is 39.9 Å². The zero-order valence-corrected chi connectivity index (χ0v) is 27.0. The molecule has 7 aromatic carbocycles. The Balaban J connectivity index is 1.14. The van der Waals surface area contributed by atoms with Crippen molar-refractivity contribution >= 4 is 0 Å². The molecule has 2 heterocycles. The maximum atomic E-state index is 7.16. The first-order valence-corrected chi connectivity index (χ1v) is 16.9. The molecule has 0 fully saturated rings. The van der Waals surface area contributed by atoms with Gasteiger partial charge in [0.1, 0.15) is 5.75 Å². The molecule has 0 saturated carbocycles. The first kappa shape index (κ1) is 28.4. The van der Waals surface area contributed by atoms with Crippen LogP contribution in [0.5, 0.6) is 5.75 Å². The van der Waals surface area contributed by atoms with Crippen molar-refractivity contribution in [3.05, 3.63) is 193 Å². The second-order valence-electron chi connectivity index (χ2n) is 12.7. The van der Waals surface area contributed by atoms with Crippen LogP contribution in [0.1, 0.15) is 16.7 Å². The standard InChI is InChI=1S/C46H29N3O/c1-3-13-30(14-4-1)31-23-25-33(26-24-31)44-47-43(32-15-5-2-6-16-32)48-45(49-44)34-27-28-41-38(29-34)36-18-8-11-21-40(36)46(41)39-20-10-7-17-35(39)37-19-9-12-22-42(37)50-46/h1-29H. The molecule has 1 spiro atoms. The Morgan fingerprint density at radius 3 is 1.40 bits per heavy atom. The van der Waals surface area contributed by atoms with Crippen molar-refractivity contribution in [3.63, 3.8) is 0 Å². The van der Waals surface area contributed by atoms with E-state index in [0.717, 1.165) is 61.4 Å². The molecule has 8 aromatic rings. The van der Waals surface area contributed by atoms with E-state index in [1.807, 2.05) is 42.5 Å². The molecule has 1 aliphatic carbocycles. The molecule has 0 N–H and O–H groups in total. The fraction of sp³-hybridized carbons (Fsp3) is 0.0217. The molecule has 2 aliphatic rings. The van der Waals surface area contributed by atoms with E-state index in [4.69, 9.17) is 19.7 Å².